The summed E-state index contributed by atoms with van der Waals surface area (Å²) < 4.78 is 27.5. The van der Waals surface area contributed by atoms with Gasteiger partial charge in [0.2, 0.25) is 0 Å². The Labute approximate surface area is 213 Å². The van der Waals surface area contributed by atoms with Crippen LogP contribution >= 0.6 is 0 Å². The van der Waals surface area contributed by atoms with Crippen LogP contribution in [0.15, 0.2) is 40.3 Å². The van der Waals surface area contributed by atoms with Crippen molar-refractivity contribution in [1.29, 1.82) is 0 Å². The Morgan fingerprint density at radius 3 is 2.00 bits per heavy atom. The highest BCUT2D eigenvalue weighted by atomic mass is 32.2. The molecule has 2 aromatic rings. The fourth-order valence-corrected chi connectivity index (χ4v) is 5.33. The van der Waals surface area contributed by atoms with Crippen LogP contribution in [0, 0.1) is 25.7 Å². The van der Waals surface area contributed by atoms with Crippen molar-refractivity contribution in [2.45, 2.75) is 104 Å². The molecular weight excluding hydrogens is 452 g/mol. The SMILES string of the molecule is CCCCC#C/C(=N\NS(=O)(=O)c1c(C(C)C)cc(C(C)C)cc1C(C)C)c1ccc(C)c(C)c1. The number of rotatable bonds is 9. The van der Waals surface area contributed by atoms with Gasteiger partial charge in [-0.15, -0.1) is 0 Å². The molecule has 0 saturated heterocycles. The van der Waals surface area contributed by atoms with Crippen molar-refractivity contribution < 1.29 is 8.42 Å². The van der Waals surface area contributed by atoms with E-state index in [2.05, 4.69) is 42.5 Å². The minimum Gasteiger partial charge on any atom is -0.200 e. The summed E-state index contributed by atoms with van der Waals surface area (Å²) in [7, 11) is -3.92. The molecular formula is C30H42N2O2S. The summed E-state index contributed by atoms with van der Waals surface area (Å²) in [5.41, 5.74) is 6.32. The molecule has 0 bridgehead atoms. The average molecular weight is 495 g/mol. The highest BCUT2D eigenvalue weighted by Gasteiger charge is 2.27. The second-order valence-electron chi connectivity index (χ2n) is 10.3. The fraction of sp³-hybridized carbons (Fsp3) is 0.500. The van der Waals surface area contributed by atoms with Crippen LogP contribution in [-0.2, 0) is 10.0 Å². The lowest BCUT2D eigenvalue weighted by Crippen LogP contribution is -2.24. The Kier molecular flexibility index (Phi) is 10.2. The third kappa shape index (κ3) is 7.45. The average Bonchev–Trinajstić information content (AvgIpc) is 2.79. The summed E-state index contributed by atoms with van der Waals surface area (Å²) in [6.07, 6.45) is 2.80. The van der Waals surface area contributed by atoms with Crippen molar-refractivity contribution >= 4 is 15.7 Å². The third-order valence-electron chi connectivity index (χ3n) is 6.27. The number of hydrazone groups is 1. The first-order valence-electron chi connectivity index (χ1n) is 12.7. The lowest BCUT2D eigenvalue weighted by atomic mass is 9.89. The van der Waals surface area contributed by atoms with Gasteiger partial charge in [-0.25, -0.2) is 0 Å². The summed E-state index contributed by atoms with van der Waals surface area (Å²) in [5, 5.41) is 4.37. The summed E-state index contributed by atoms with van der Waals surface area (Å²) in [6.45, 7) is 18.6. The maximum absolute atomic E-state index is 13.7. The van der Waals surface area contributed by atoms with Gasteiger partial charge in [-0.2, -0.15) is 18.4 Å². The molecule has 1 N–H and O–H groups in total. The molecule has 2 aromatic carbocycles. The normalized spacial score (nSPS) is 12.3. The summed E-state index contributed by atoms with van der Waals surface area (Å²) in [4.78, 5) is 2.89. The minimum absolute atomic E-state index is 0.0507. The van der Waals surface area contributed by atoms with Gasteiger partial charge in [0.1, 0.15) is 5.71 Å². The number of hydrogen-bond donors (Lipinski definition) is 1. The molecule has 0 radical (unpaired) electrons. The third-order valence-corrected chi connectivity index (χ3v) is 7.61. The smallest absolute Gasteiger partial charge is 0.200 e. The van der Waals surface area contributed by atoms with E-state index in [4.69, 9.17) is 0 Å². The van der Waals surface area contributed by atoms with E-state index in [-0.39, 0.29) is 11.8 Å². The van der Waals surface area contributed by atoms with Gasteiger partial charge in [-0.1, -0.05) is 85.1 Å². The zero-order valence-corrected chi connectivity index (χ0v) is 23.7. The first-order valence-corrected chi connectivity index (χ1v) is 14.2. The van der Waals surface area contributed by atoms with Gasteiger partial charge in [0.25, 0.3) is 10.0 Å². The van der Waals surface area contributed by atoms with Crippen LogP contribution in [-0.4, -0.2) is 14.1 Å². The molecule has 0 unspecified atom stereocenters. The topological polar surface area (TPSA) is 58.5 Å². The molecule has 35 heavy (non-hydrogen) atoms. The predicted octanol–water partition coefficient (Wildman–Crippen LogP) is 7.55. The largest absolute Gasteiger partial charge is 0.277 e. The van der Waals surface area contributed by atoms with Gasteiger partial charge in [0.05, 0.1) is 4.90 Å². The van der Waals surface area contributed by atoms with Crippen LogP contribution in [0.2, 0.25) is 0 Å². The number of nitrogens with one attached hydrogen (secondary N) is 1. The molecule has 0 heterocycles. The molecule has 190 valence electrons. The maximum atomic E-state index is 13.7. The van der Waals surface area contributed by atoms with E-state index in [9.17, 15) is 8.42 Å². The van der Waals surface area contributed by atoms with E-state index in [1.807, 2.05) is 71.9 Å². The Morgan fingerprint density at radius 1 is 0.914 bits per heavy atom. The van der Waals surface area contributed by atoms with Crippen LogP contribution in [0.3, 0.4) is 0 Å². The Balaban J connectivity index is 2.64. The van der Waals surface area contributed by atoms with E-state index in [0.29, 0.717) is 16.5 Å². The number of sulfonamides is 1. The van der Waals surface area contributed by atoms with Crippen LogP contribution in [0.4, 0.5) is 0 Å². The molecule has 0 atom stereocenters. The minimum atomic E-state index is -3.92. The zero-order chi connectivity index (χ0) is 26.3. The van der Waals surface area contributed by atoms with Crippen LogP contribution in [0.1, 0.15) is 119 Å². The molecule has 4 nitrogen and oxygen atoms in total. The number of nitrogens with zero attached hydrogens (tertiary/aromatic N) is 1. The summed E-state index contributed by atoms with van der Waals surface area (Å²) in [5.74, 6) is 6.68. The molecule has 2 rings (SSSR count). The molecule has 0 fully saturated rings. The Bertz CT molecular complexity index is 1200. The van der Waals surface area contributed by atoms with Crippen molar-refractivity contribution in [3.8, 4) is 11.8 Å². The van der Waals surface area contributed by atoms with Gasteiger partial charge in [-0.3, -0.25) is 0 Å². The van der Waals surface area contributed by atoms with Gasteiger partial charge in [0, 0.05) is 12.0 Å². The standard InChI is InChI=1S/C30H42N2O2S/c1-10-11-12-13-14-29(25-16-15-23(8)24(9)17-25)31-32-35(33,34)30-27(21(4)5)18-26(20(2)3)19-28(30)22(6)7/h15-22,32H,10-12H2,1-9H3/b31-29+. The summed E-state index contributed by atoms with van der Waals surface area (Å²) in [6, 6.07) is 10.0. The van der Waals surface area contributed by atoms with E-state index in [1.54, 1.807) is 0 Å². The van der Waals surface area contributed by atoms with Crippen LogP contribution < -0.4 is 4.83 Å². The van der Waals surface area contributed by atoms with Gasteiger partial charge in [0.15, 0.2) is 0 Å². The second kappa shape index (κ2) is 12.4. The zero-order valence-electron chi connectivity index (χ0n) is 22.9. The fourth-order valence-electron chi connectivity index (χ4n) is 3.82. The monoisotopic (exact) mass is 494 g/mol. The molecule has 0 aliphatic heterocycles. The van der Waals surface area contributed by atoms with E-state index in [0.717, 1.165) is 47.1 Å². The number of unbranched alkanes of at least 4 members (excludes halogenated alkanes) is 2. The van der Waals surface area contributed by atoms with Crippen molar-refractivity contribution in [1.82, 2.24) is 4.83 Å². The lowest BCUT2D eigenvalue weighted by Gasteiger charge is -2.22. The molecule has 0 aromatic heterocycles. The first-order chi connectivity index (χ1) is 16.4. The number of hydrogen-bond acceptors (Lipinski definition) is 3. The highest BCUT2D eigenvalue weighted by Crippen LogP contribution is 2.35. The Hall–Kier alpha value is -2.58. The quantitative estimate of drug-likeness (QED) is 0.169. The molecule has 0 aliphatic rings. The molecule has 0 spiro atoms. The van der Waals surface area contributed by atoms with E-state index in [1.165, 1.54) is 5.56 Å². The molecule has 5 heteroatoms. The number of benzene rings is 2. The van der Waals surface area contributed by atoms with Crippen molar-refractivity contribution in [2.75, 3.05) is 0 Å². The lowest BCUT2D eigenvalue weighted by molar-refractivity contribution is 0.579. The van der Waals surface area contributed by atoms with Crippen LogP contribution in [0.25, 0.3) is 0 Å². The van der Waals surface area contributed by atoms with E-state index >= 15 is 0 Å². The summed E-state index contributed by atoms with van der Waals surface area (Å²) >= 11 is 0. The second-order valence-corrected chi connectivity index (χ2v) is 11.8. The van der Waals surface area contributed by atoms with Gasteiger partial charge < -0.3 is 0 Å². The van der Waals surface area contributed by atoms with Crippen molar-refractivity contribution in [3.05, 3.63) is 63.7 Å². The van der Waals surface area contributed by atoms with Crippen molar-refractivity contribution in [2.24, 2.45) is 5.10 Å². The first kappa shape index (κ1) is 28.7. The van der Waals surface area contributed by atoms with Crippen molar-refractivity contribution in [3.63, 3.8) is 0 Å². The molecule has 0 saturated carbocycles. The van der Waals surface area contributed by atoms with Crippen LogP contribution in [0.5, 0.6) is 0 Å². The number of aryl methyl sites for hydroxylation is 2. The molecule has 0 aliphatic carbocycles. The predicted molar refractivity (Wildman–Crippen MR) is 149 cm³/mol. The highest BCUT2D eigenvalue weighted by molar-refractivity contribution is 7.89. The maximum Gasteiger partial charge on any atom is 0.277 e. The molecule has 0 amide bonds. The van der Waals surface area contributed by atoms with E-state index < -0.39 is 10.0 Å². The Morgan fingerprint density at radius 2 is 1.51 bits per heavy atom. The van der Waals surface area contributed by atoms with Gasteiger partial charge in [-0.05, 0) is 77.8 Å². The van der Waals surface area contributed by atoms with Gasteiger partial charge >= 0.3 is 0 Å².